The first kappa shape index (κ1) is 15.8. The Hall–Kier alpha value is -1.60. The molecule has 0 radical (unpaired) electrons. The van der Waals surface area contributed by atoms with Crippen LogP contribution in [0.3, 0.4) is 0 Å². The summed E-state index contributed by atoms with van der Waals surface area (Å²) in [6, 6.07) is 3.13. The van der Waals surface area contributed by atoms with Crippen LogP contribution in [0.25, 0.3) is 5.82 Å². The molecule has 0 aliphatic carbocycles. The van der Waals surface area contributed by atoms with Crippen molar-refractivity contribution in [1.82, 2.24) is 20.1 Å². The molecule has 0 aliphatic rings. The van der Waals surface area contributed by atoms with Crippen molar-refractivity contribution in [1.29, 1.82) is 0 Å². The van der Waals surface area contributed by atoms with Gasteiger partial charge in [-0.15, -0.1) is 0 Å². The van der Waals surface area contributed by atoms with Crippen LogP contribution in [0.5, 0.6) is 0 Å². The Morgan fingerprint density at radius 2 is 2.10 bits per heavy atom. The van der Waals surface area contributed by atoms with Crippen molar-refractivity contribution in [2.24, 2.45) is 0 Å². The van der Waals surface area contributed by atoms with Crippen molar-refractivity contribution in [2.45, 2.75) is 26.1 Å². The number of rotatable bonds is 5. The zero-order chi connectivity index (χ0) is 15.5. The molecule has 4 nitrogen and oxygen atoms in total. The van der Waals surface area contributed by atoms with E-state index in [0.717, 1.165) is 30.0 Å². The predicted octanol–water partition coefficient (Wildman–Crippen LogP) is 3.44. The molecule has 0 bridgehead atoms. The molecule has 0 fully saturated rings. The van der Waals surface area contributed by atoms with E-state index in [1.807, 2.05) is 6.92 Å². The number of aromatic nitrogens is 3. The van der Waals surface area contributed by atoms with Gasteiger partial charge in [0.2, 0.25) is 0 Å². The average molecular weight is 319 g/mol. The molecule has 1 N–H and O–H groups in total. The summed E-state index contributed by atoms with van der Waals surface area (Å²) in [5, 5.41) is 7.30. The fourth-order valence-electron chi connectivity index (χ4n) is 1.70. The van der Waals surface area contributed by atoms with E-state index >= 15 is 0 Å². The lowest BCUT2D eigenvalue weighted by atomic mass is 10.3. The fraction of sp³-hybridized carbons (Fsp3) is 0.385. The molecule has 0 saturated carbocycles. The van der Waals surface area contributed by atoms with Crippen molar-refractivity contribution < 1.29 is 13.2 Å². The highest BCUT2D eigenvalue weighted by Gasteiger charge is 2.32. The molecular formula is C13H14ClF3N4. The van der Waals surface area contributed by atoms with E-state index in [9.17, 15) is 13.2 Å². The highest BCUT2D eigenvalue weighted by Crippen LogP contribution is 2.29. The van der Waals surface area contributed by atoms with Crippen LogP contribution in [0.2, 0.25) is 5.02 Å². The third kappa shape index (κ3) is 3.95. The minimum Gasteiger partial charge on any atom is -0.311 e. The van der Waals surface area contributed by atoms with Gasteiger partial charge in [0.05, 0.1) is 22.5 Å². The first-order valence-electron chi connectivity index (χ1n) is 6.40. The normalized spacial score (nSPS) is 11.9. The highest BCUT2D eigenvalue weighted by atomic mass is 35.5. The van der Waals surface area contributed by atoms with E-state index in [1.54, 1.807) is 6.07 Å². The van der Waals surface area contributed by atoms with Crippen LogP contribution >= 0.6 is 11.6 Å². The lowest BCUT2D eigenvalue weighted by Gasteiger charge is -2.08. The monoisotopic (exact) mass is 318 g/mol. The quantitative estimate of drug-likeness (QED) is 0.859. The number of hydrogen-bond donors (Lipinski definition) is 1. The van der Waals surface area contributed by atoms with Gasteiger partial charge in [0, 0.05) is 12.7 Å². The molecule has 2 aromatic heterocycles. The summed E-state index contributed by atoms with van der Waals surface area (Å²) in [7, 11) is 0. The fourth-order valence-corrected chi connectivity index (χ4v) is 1.87. The molecule has 0 spiro atoms. The number of nitrogens with one attached hydrogen (secondary N) is 1. The highest BCUT2D eigenvalue weighted by molar-refractivity contribution is 6.31. The summed E-state index contributed by atoms with van der Waals surface area (Å²) in [6.07, 6.45) is -1.79. The van der Waals surface area contributed by atoms with Crippen molar-refractivity contribution >= 4 is 11.6 Å². The molecule has 114 valence electrons. The minimum atomic E-state index is -4.42. The van der Waals surface area contributed by atoms with Gasteiger partial charge in [-0.2, -0.15) is 18.3 Å². The predicted molar refractivity (Wildman–Crippen MR) is 73.4 cm³/mol. The number of halogens is 4. The van der Waals surface area contributed by atoms with Crippen LogP contribution in [0, 0.1) is 0 Å². The Labute approximate surface area is 124 Å². The molecule has 21 heavy (non-hydrogen) atoms. The second-order valence-corrected chi connectivity index (χ2v) is 4.85. The van der Waals surface area contributed by atoms with Crippen LogP contribution < -0.4 is 5.32 Å². The van der Waals surface area contributed by atoms with Gasteiger partial charge in [0.25, 0.3) is 0 Å². The zero-order valence-corrected chi connectivity index (χ0v) is 12.0. The van der Waals surface area contributed by atoms with E-state index in [-0.39, 0.29) is 0 Å². The van der Waals surface area contributed by atoms with Crippen LogP contribution in [-0.4, -0.2) is 21.3 Å². The van der Waals surface area contributed by atoms with Crippen LogP contribution in [0.15, 0.2) is 24.5 Å². The van der Waals surface area contributed by atoms with Gasteiger partial charge >= 0.3 is 6.18 Å². The van der Waals surface area contributed by atoms with Crippen LogP contribution in [0.4, 0.5) is 13.2 Å². The molecule has 2 heterocycles. The molecule has 2 aromatic rings. The summed E-state index contributed by atoms with van der Waals surface area (Å²) in [5.74, 6) is 0.295. The van der Waals surface area contributed by atoms with Gasteiger partial charge in [-0.3, -0.25) is 0 Å². The molecule has 0 aromatic carbocycles. The first-order valence-corrected chi connectivity index (χ1v) is 6.78. The number of alkyl halides is 3. The van der Waals surface area contributed by atoms with Gasteiger partial charge < -0.3 is 5.32 Å². The van der Waals surface area contributed by atoms with Crippen molar-refractivity contribution in [3.05, 3.63) is 40.8 Å². The third-order valence-electron chi connectivity index (χ3n) is 2.77. The molecular weight excluding hydrogens is 305 g/mol. The second kappa shape index (κ2) is 6.44. The topological polar surface area (TPSA) is 42.7 Å². The summed E-state index contributed by atoms with van der Waals surface area (Å²) < 4.78 is 38.8. The molecule has 0 aliphatic heterocycles. The van der Waals surface area contributed by atoms with E-state index in [2.05, 4.69) is 15.4 Å². The van der Waals surface area contributed by atoms with Crippen LogP contribution in [-0.2, 0) is 12.7 Å². The largest absolute Gasteiger partial charge is 0.419 e. The van der Waals surface area contributed by atoms with Gasteiger partial charge in [-0.1, -0.05) is 18.5 Å². The van der Waals surface area contributed by atoms with E-state index in [0.29, 0.717) is 23.1 Å². The average Bonchev–Trinajstić information content (AvgIpc) is 2.91. The summed E-state index contributed by atoms with van der Waals surface area (Å²) in [6.45, 7) is 3.29. The SMILES string of the molecule is CCCNCc1nc(-n2cc(C(F)(F)F)cn2)ccc1Cl. The molecule has 0 atom stereocenters. The van der Waals surface area contributed by atoms with Crippen molar-refractivity contribution in [3.8, 4) is 5.82 Å². The molecule has 2 rings (SSSR count). The summed E-state index contributed by atoms with van der Waals surface area (Å²) in [5.41, 5.74) is -0.239. The standard InChI is InChI=1S/C13H14ClF3N4/c1-2-5-18-7-11-10(14)3-4-12(20-11)21-8-9(6-19-21)13(15,16)17/h3-4,6,8,18H,2,5,7H2,1H3. The van der Waals surface area contributed by atoms with Crippen molar-refractivity contribution in [3.63, 3.8) is 0 Å². The third-order valence-corrected chi connectivity index (χ3v) is 3.11. The first-order chi connectivity index (χ1) is 9.91. The Kier molecular flexibility index (Phi) is 4.84. The zero-order valence-electron chi connectivity index (χ0n) is 11.3. The molecule has 0 amide bonds. The molecule has 0 unspecified atom stereocenters. The van der Waals surface area contributed by atoms with E-state index < -0.39 is 11.7 Å². The Bertz CT molecular complexity index is 610. The summed E-state index contributed by atoms with van der Waals surface area (Å²) in [4.78, 5) is 4.25. The van der Waals surface area contributed by atoms with E-state index in [4.69, 9.17) is 11.6 Å². The number of nitrogens with zero attached hydrogens (tertiary/aromatic N) is 3. The Morgan fingerprint density at radius 1 is 1.33 bits per heavy atom. The smallest absolute Gasteiger partial charge is 0.311 e. The van der Waals surface area contributed by atoms with Gasteiger partial charge in [0.15, 0.2) is 5.82 Å². The lowest BCUT2D eigenvalue weighted by molar-refractivity contribution is -0.137. The van der Waals surface area contributed by atoms with Gasteiger partial charge in [0.1, 0.15) is 0 Å². The van der Waals surface area contributed by atoms with Crippen LogP contribution in [0.1, 0.15) is 24.6 Å². The van der Waals surface area contributed by atoms with Gasteiger partial charge in [-0.05, 0) is 25.1 Å². The summed E-state index contributed by atoms with van der Waals surface area (Å²) >= 11 is 6.03. The van der Waals surface area contributed by atoms with E-state index in [1.165, 1.54) is 6.07 Å². The maximum absolute atomic E-state index is 12.6. The minimum absolute atomic E-state index is 0.295. The second-order valence-electron chi connectivity index (χ2n) is 4.45. The molecule has 0 saturated heterocycles. The lowest BCUT2D eigenvalue weighted by Crippen LogP contribution is -2.16. The van der Waals surface area contributed by atoms with Gasteiger partial charge in [-0.25, -0.2) is 9.67 Å². The number of hydrogen-bond acceptors (Lipinski definition) is 3. The molecule has 8 heteroatoms. The Morgan fingerprint density at radius 3 is 2.71 bits per heavy atom. The number of pyridine rings is 1. The maximum Gasteiger partial charge on any atom is 0.419 e. The maximum atomic E-state index is 12.6. The van der Waals surface area contributed by atoms with Crippen molar-refractivity contribution in [2.75, 3.05) is 6.54 Å². The Balaban J connectivity index is 2.24.